The van der Waals surface area contributed by atoms with Crippen molar-refractivity contribution in [2.75, 3.05) is 31.2 Å². The SMILES string of the molecule is CCN(CC)c1ccc(/C=C(/NC(=O)c2ccccc2)C(=O)N/N=C(/C)c2ccc3c(c2)OCCO3)cc1. The van der Waals surface area contributed by atoms with E-state index in [2.05, 4.69) is 34.6 Å². The maximum absolute atomic E-state index is 13.2. The van der Waals surface area contributed by atoms with Crippen molar-refractivity contribution in [3.8, 4) is 11.5 Å². The zero-order valence-electron chi connectivity index (χ0n) is 21.9. The molecule has 8 heteroatoms. The van der Waals surface area contributed by atoms with Gasteiger partial charge in [0.15, 0.2) is 11.5 Å². The molecule has 1 aliphatic heterocycles. The Balaban J connectivity index is 1.56. The quantitative estimate of drug-likeness (QED) is 0.248. The van der Waals surface area contributed by atoms with E-state index in [0.717, 1.165) is 29.9 Å². The maximum atomic E-state index is 13.2. The molecule has 2 amide bonds. The molecular formula is C30H32N4O4. The largest absolute Gasteiger partial charge is 0.486 e. The van der Waals surface area contributed by atoms with Crippen molar-refractivity contribution in [2.45, 2.75) is 20.8 Å². The number of carbonyl (C=O) groups excluding carboxylic acids is 2. The van der Waals surface area contributed by atoms with Gasteiger partial charge in [0.05, 0.1) is 5.71 Å². The van der Waals surface area contributed by atoms with Crippen LogP contribution in [0.3, 0.4) is 0 Å². The Morgan fingerprint density at radius 2 is 1.58 bits per heavy atom. The Labute approximate surface area is 223 Å². The average Bonchev–Trinajstić information content (AvgIpc) is 2.97. The summed E-state index contributed by atoms with van der Waals surface area (Å²) in [6.45, 7) is 8.77. The minimum absolute atomic E-state index is 0.0770. The molecule has 2 N–H and O–H groups in total. The number of ether oxygens (including phenoxy) is 2. The standard InChI is InChI=1S/C30H32N4O4/c1-4-34(5-2)25-14-11-22(12-15-25)19-26(31-29(35)23-9-7-6-8-10-23)30(36)33-32-21(3)24-13-16-27-28(20-24)38-18-17-37-27/h6-16,19-20H,4-5,17-18H2,1-3H3,(H,31,35)(H,33,36)/b26-19+,32-21-. The number of hydrazone groups is 1. The van der Waals surface area contributed by atoms with Crippen LogP contribution in [0, 0.1) is 0 Å². The number of nitrogens with one attached hydrogen (secondary N) is 2. The van der Waals surface area contributed by atoms with Crippen LogP contribution in [-0.4, -0.2) is 43.8 Å². The van der Waals surface area contributed by atoms with Crippen LogP contribution in [0.1, 0.15) is 42.3 Å². The molecule has 0 bridgehead atoms. The Kier molecular flexibility index (Phi) is 8.77. The second-order valence-corrected chi connectivity index (χ2v) is 8.64. The van der Waals surface area contributed by atoms with Crippen LogP contribution in [-0.2, 0) is 4.79 Å². The smallest absolute Gasteiger partial charge is 0.287 e. The van der Waals surface area contributed by atoms with Gasteiger partial charge in [-0.2, -0.15) is 5.10 Å². The van der Waals surface area contributed by atoms with E-state index in [-0.39, 0.29) is 11.6 Å². The van der Waals surface area contributed by atoms with Crippen LogP contribution in [0.25, 0.3) is 6.08 Å². The lowest BCUT2D eigenvalue weighted by Crippen LogP contribution is -2.33. The number of fused-ring (bicyclic) bond motifs is 1. The zero-order valence-corrected chi connectivity index (χ0v) is 21.9. The first kappa shape index (κ1) is 26.5. The summed E-state index contributed by atoms with van der Waals surface area (Å²) in [6.07, 6.45) is 1.64. The number of rotatable bonds is 9. The highest BCUT2D eigenvalue weighted by Crippen LogP contribution is 2.30. The highest BCUT2D eigenvalue weighted by Gasteiger charge is 2.16. The summed E-state index contributed by atoms with van der Waals surface area (Å²) >= 11 is 0. The van der Waals surface area contributed by atoms with Gasteiger partial charge in [-0.15, -0.1) is 0 Å². The van der Waals surface area contributed by atoms with Gasteiger partial charge in [0.1, 0.15) is 18.9 Å². The molecule has 1 aliphatic rings. The summed E-state index contributed by atoms with van der Waals surface area (Å²) in [4.78, 5) is 28.3. The first-order valence-corrected chi connectivity index (χ1v) is 12.7. The lowest BCUT2D eigenvalue weighted by molar-refractivity contribution is -0.117. The van der Waals surface area contributed by atoms with Crippen molar-refractivity contribution in [2.24, 2.45) is 5.10 Å². The van der Waals surface area contributed by atoms with Gasteiger partial charge in [0, 0.05) is 29.9 Å². The summed E-state index contributed by atoms with van der Waals surface area (Å²) in [5, 5.41) is 7.01. The molecule has 0 saturated carbocycles. The molecule has 0 fully saturated rings. The minimum Gasteiger partial charge on any atom is -0.486 e. The molecule has 0 saturated heterocycles. The number of nitrogens with zero attached hydrogens (tertiary/aromatic N) is 2. The van der Waals surface area contributed by atoms with Gasteiger partial charge in [0.2, 0.25) is 0 Å². The lowest BCUT2D eigenvalue weighted by atomic mass is 10.1. The van der Waals surface area contributed by atoms with E-state index in [0.29, 0.717) is 36.0 Å². The second kappa shape index (κ2) is 12.6. The first-order chi connectivity index (χ1) is 18.5. The van der Waals surface area contributed by atoms with Crippen molar-refractivity contribution in [3.05, 3.63) is 95.2 Å². The van der Waals surface area contributed by atoms with E-state index in [9.17, 15) is 9.59 Å². The Morgan fingerprint density at radius 1 is 0.895 bits per heavy atom. The third-order valence-corrected chi connectivity index (χ3v) is 6.15. The predicted molar refractivity (Wildman–Crippen MR) is 150 cm³/mol. The van der Waals surface area contributed by atoms with Crippen LogP contribution >= 0.6 is 0 Å². The van der Waals surface area contributed by atoms with Crippen molar-refractivity contribution in [1.29, 1.82) is 0 Å². The van der Waals surface area contributed by atoms with E-state index in [4.69, 9.17) is 9.47 Å². The van der Waals surface area contributed by atoms with Crippen LogP contribution in [0.5, 0.6) is 11.5 Å². The number of anilines is 1. The molecule has 196 valence electrons. The van der Waals surface area contributed by atoms with Gasteiger partial charge in [-0.1, -0.05) is 30.3 Å². The molecule has 0 unspecified atom stereocenters. The van der Waals surface area contributed by atoms with Gasteiger partial charge in [-0.3, -0.25) is 9.59 Å². The maximum Gasteiger partial charge on any atom is 0.287 e. The molecular weight excluding hydrogens is 480 g/mol. The fourth-order valence-electron chi connectivity index (χ4n) is 4.01. The molecule has 0 radical (unpaired) electrons. The van der Waals surface area contributed by atoms with Gasteiger partial charge in [0.25, 0.3) is 11.8 Å². The van der Waals surface area contributed by atoms with Crippen molar-refractivity contribution < 1.29 is 19.1 Å². The molecule has 3 aromatic rings. The van der Waals surface area contributed by atoms with E-state index in [1.54, 1.807) is 37.3 Å². The number of benzene rings is 3. The normalized spacial score (nSPS) is 13.0. The van der Waals surface area contributed by atoms with Gasteiger partial charge >= 0.3 is 0 Å². The molecule has 1 heterocycles. The van der Waals surface area contributed by atoms with E-state index >= 15 is 0 Å². The predicted octanol–water partition coefficient (Wildman–Crippen LogP) is 4.62. The minimum atomic E-state index is -0.543. The third kappa shape index (κ3) is 6.59. The third-order valence-electron chi connectivity index (χ3n) is 6.15. The number of amides is 2. The van der Waals surface area contributed by atoms with Crippen LogP contribution in [0.15, 0.2) is 83.6 Å². The number of hydrogen-bond donors (Lipinski definition) is 2. The van der Waals surface area contributed by atoms with Crippen molar-refractivity contribution in [3.63, 3.8) is 0 Å². The molecule has 0 atom stereocenters. The highest BCUT2D eigenvalue weighted by atomic mass is 16.6. The van der Waals surface area contributed by atoms with E-state index in [1.807, 2.05) is 48.5 Å². The molecule has 0 aromatic heterocycles. The summed E-state index contributed by atoms with van der Waals surface area (Å²) in [7, 11) is 0. The molecule has 0 spiro atoms. The summed E-state index contributed by atoms with van der Waals surface area (Å²) < 4.78 is 11.2. The van der Waals surface area contributed by atoms with Crippen LogP contribution < -0.4 is 25.1 Å². The lowest BCUT2D eigenvalue weighted by Gasteiger charge is -2.21. The highest BCUT2D eigenvalue weighted by molar-refractivity contribution is 6.06. The van der Waals surface area contributed by atoms with Gasteiger partial charge in [-0.25, -0.2) is 5.43 Å². The molecule has 0 aliphatic carbocycles. The molecule has 8 nitrogen and oxygen atoms in total. The fourth-order valence-corrected chi connectivity index (χ4v) is 4.01. The topological polar surface area (TPSA) is 92.3 Å². The monoisotopic (exact) mass is 512 g/mol. The van der Waals surface area contributed by atoms with Crippen molar-refractivity contribution in [1.82, 2.24) is 10.7 Å². The first-order valence-electron chi connectivity index (χ1n) is 12.7. The Bertz CT molecular complexity index is 1330. The summed E-state index contributed by atoms with van der Waals surface area (Å²) in [5.41, 5.74) is 6.31. The van der Waals surface area contributed by atoms with Gasteiger partial charge < -0.3 is 19.7 Å². The van der Waals surface area contributed by atoms with Gasteiger partial charge in [-0.05, 0) is 74.9 Å². The summed E-state index contributed by atoms with van der Waals surface area (Å²) in [5.74, 6) is 0.384. The Hall–Kier alpha value is -4.59. The van der Waals surface area contributed by atoms with E-state index < -0.39 is 5.91 Å². The van der Waals surface area contributed by atoms with E-state index in [1.165, 1.54) is 0 Å². The van der Waals surface area contributed by atoms with Crippen molar-refractivity contribution >= 4 is 29.3 Å². The molecule has 3 aromatic carbocycles. The van der Waals surface area contributed by atoms with Crippen LogP contribution in [0.2, 0.25) is 0 Å². The fraction of sp³-hybridized carbons (Fsp3) is 0.233. The molecule has 38 heavy (non-hydrogen) atoms. The summed E-state index contributed by atoms with van der Waals surface area (Å²) in [6, 6.07) is 22.1. The average molecular weight is 513 g/mol. The number of carbonyl (C=O) groups is 2. The zero-order chi connectivity index (χ0) is 26.9. The van der Waals surface area contributed by atoms with Crippen LogP contribution in [0.4, 0.5) is 5.69 Å². The number of hydrogen-bond acceptors (Lipinski definition) is 6. The Morgan fingerprint density at radius 3 is 2.26 bits per heavy atom. The second-order valence-electron chi connectivity index (χ2n) is 8.64. The molecule has 4 rings (SSSR count).